The van der Waals surface area contributed by atoms with E-state index in [1.54, 1.807) is 12.1 Å². The number of amides is 2. The van der Waals surface area contributed by atoms with Crippen molar-refractivity contribution >= 4 is 23.6 Å². The highest BCUT2D eigenvalue weighted by atomic mass is 35.5. The number of benzene rings is 3. The summed E-state index contributed by atoms with van der Waals surface area (Å²) in [6.45, 7) is 10.2. The third kappa shape index (κ3) is 11.1. The van der Waals surface area contributed by atoms with Crippen LogP contribution >= 0.6 is 11.6 Å². The summed E-state index contributed by atoms with van der Waals surface area (Å²) in [7, 11) is 0. The maximum atomic E-state index is 14.8. The second-order valence-electron chi connectivity index (χ2n) is 14.3. The molecule has 0 bridgehead atoms. The monoisotopic (exact) mass is 749 g/mol. The molecule has 3 aromatic rings. The molecular weight excluding hydrogens is 697 g/mol. The second kappa shape index (κ2) is 19.4. The zero-order chi connectivity index (χ0) is 37.0. The quantitative estimate of drug-likeness (QED) is 0.203. The number of ether oxygens (including phenoxy) is 3. The Morgan fingerprint density at radius 1 is 0.925 bits per heavy atom. The number of rotatable bonds is 15. The number of piperazine rings is 1. The summed E-state index contributed by atoms with van der Waals surface area (Å²) in [5, 5.41) is 7.07. The van der Waals surface area contributed by atoms with E-state index in [1.807, 2.05) is 60.4 Å². The number of piperidine rings is 1. The number of likely N-dealkylation sites (tertiary alicyclic amines) is 1. The van der Waals surface area contributed by atoms with Gasteiger partial charge in [0.1, 0.15) is 30.0 Å². The van der Waals surface area contributed by atoms with Gasteiger partial charge in [-0.15, -0.1) is 0 Å². The van der Waals surface area contributed by atoms with Crippen molar-refractivity contribution in [3.63, 3.8) is 0 Å². The Morgan fingerprint density at radius 3 is 2.45 bits per heavy atom. The van der Waals surface area contributed by atoms with Gasteiger partial charge in [-0.05, 0) is 99.6 Å². The van der Waals surface area contributed by atoms with E-state index in [4.69, 9.17) is 25.8 Å². The largest absolute Gasteiger partial charge is 0.493 e. The minimum absolute atomic E-state index is 0.0432. The van der Waals surface area contributed by atoms with Gasteiger partial charge in [-0.1, -0.05) is 48.0 Å². The summed E-state index contributed by atoms with van der Waals surface area (Å²) >= 11 is 6.40. The van der Waals surface area contributed by atoms with Crippen molar-refractivity contribution in [1.82, 2.24) is 25.3 Å². The number of hydrogen-bond acceptors (Lipinski definition) is 8. The maximum Gasteiger partial charge on any atom is 0.408 e. The van der Waals surface area contributed by atoms with E-state index in [-0.39, 0.29) is 24.2 Å². The first-order valence-electron chi connectivity index (χ1n) is 19.1. The molecule has 2 N–H and O–H groups in total. The van der Waals surface area contributed by atoms with Crippen LogP contribution in [0.1, 0.15) is 42.9 Å². The normalized spacial score (nSPS) is 19.2. The zero-order valence-corrected chi connectivity index (χ0v) is 31.5. The fraction of sp³-hybridized carbons (Fsp3) is 0.512. The predicted molar refractivity (Wildman–Crippen MR) is 204 cm³/mol. The number of nitrogens with zero attached hydrogens (tertiary/aromatic N) is 3. The lowest BCUT2D eigenvalue weighted by Gasteiger charge is -2.40. The van der Waals surface area contributed by atoms with Gasteiger partial charge in [0.15, 0.2) is 0 Å². The van der Waals surface area contributed by atoms with Crippen molar-refractivity contribution in [2.45, 2.75) is 51.8 Å². The standard InChI is InChI=1S/C41H53ClFN5O5/c1-2-51-38-10-6-9-36(43)35(38)27-47-21-23-48(24-22-47)40(49)39(45-41(50)53-28-30-7-4-3-5-8-30)32-14-18-46(19-15-32)20-16-33-25-34(42)11-12-37(33)52-29-31-13-17-44-26-31/h3-12,25,31-32,39,44H,2,13-24,26-29H2,1H3,(H,45,50)/t31-,39+/m0/s1. The Balaban J connectivity index is 1.05. The summed E-state index contributed by atoms with van der Waals surface area (Å²) in [5.41, 5.74) is 2.51. The lowest BCUT2D eigenvalue weighted by atomic mass is 9.88. The van der Waals surface area contributed by atoms with Crippen LogP contribution in [0.3, 0.4) is 0 Å². The number of hydrogen-bond donors (Lipinski definition) is 2. The van der Waals surface area contributed by atoms with Crippen LogP contribution < -0.4 is 20.1 Å². The Labute approximate surface area is 317 Å². The molecule has 2 atom stereocenters. The first kappa shape index (κ1) is 38.8. The molecule has 3 saturated heterocycles. The van der Waals surface area contributed by atoms with Gasteiger partial charge in [-0.3, -0.25) is 9.69 Å². The molecule has 0 radical (unpaired) electrons. The molecule has 0 saturated carbocycles. The van der Waals surface area contributed by atoms with Crippen LogP contribution in [0.25, 0.3) is 0 Å². The average Bonchev–Trinajstić information content (AvgIpc) is 3.71. The van der Waals surface area contributed by atoms with Crippen LogP contribution in [0.4, 0.5) is 9.18 Å². The lowest BCUT2D eigenvalue weighted by Crippen LogP contribution is -2.58. The molecule has 286 valence electrons. The van der Waals surface area contributed by atoms with Crippen LogP contribution in [0.2, 0.25) is 5.02 Å². The van der Waals surface area contributed by atoms with Crippen molar-refractivity contribution in [2.24, 2.45) is 11.8 Å². The van der Waals surface area contributed by atoms with E-state index < -0.39 is 12.1 Å². The van der Waals surface area contributed by atoms with Gasteiger partial charge < -0.3 is 34.6 Å². The van der Waals surface area contributed by atoms with Gasteiger partial charge >= 0.3 is 6.09 Å². The summed E-state index contributed by atoms with van der Waals surface area (Å²) in [5.74, 6) is 1.53. The van der Waals surface area contributed by atoms with Crippen molar-refractivity contribution < 1.29 is 28.2 Å². The highest BCUT2D eigenvalue weighted by Crippen LogP contribution is 2.28. The first-order valence-corrected chi connectivity index (χ1v) is 19.5. The van der Waals surface area contributed by atoms with Crippen molar-refractivity contribution in [2.75, 3.05) is 72.1 Å². The molecule has 10 nitrogen and oxygen atoms in total. The molecule has 3 aromatic carbocycles. The van der Waals surface area contributed by atoms with E-state index in [0.717, 1.165) is 75.3 Å². The fourth-order valence-electron chi connectivity index (χ4n) is 7.54. The van der Waals surface area contributed by atoms with Gasteiger partial charge in [-0.2, -0.15) is 0 Å². The Bertz CT molecular complexity index is 1630. The van der Waals surface area contributed by atoms with E-state index in [1.165, 1.54) is 6.07 Å². The van der Waals surface area contributed by atoms with Gasteiger partial charge in [0.25, 0.3) is 0 Å². The predicted octanol–water partition coefficient (Wildman–Crippen LogP) is 5.76. The van der Waals surface area contributed by atoms with E-state index in [9.17, 15) is 14.0 Å². The molecule has 0 spiro atoms. The van der Waals surface area contributed by atoms with E-state index >= 15 is 0 Å². The molecule has 53 heavy (non-hydrogen) atoms. The van der Waals surface area contributed by atoms with Crippen molar-refractivity contribution in [3.8, 4) is 11.5 Å². The minimum atomic E-state index is -0.707. The van der Waals surface area contributed by atoms with Crippen molar-refractivity contribution in [1.29, 1.82) is 0 Å². The molecule has 0 aliphatic carbocycles. The average molecular weight is 750 g/mol. The fourth-order valence-corrected chi connectivity index (χ4v) is 7.73. The van der Waals surface area contributed by atoms with Crippen molar-refractivity contribution in [3.05, 3.63) is 94.3 Å². The highest BCUT2D eigenvalue weighted by molar-refractivity contribution is 6.30. The van der Waals surface area contributed by atoms with E-state index in [0.29, 0.717) is 68.2 Å². The Hall–Kier alpha value is -3.90. The smallest absolute Gasteiger partial charge is 0.408 e. The van der Waals surface area contributed by atoms with Gasteiger partial charge in [0.05, 0.1) is 13.2 Å². The molecule has 3 heterocycles. The number of halogens is 2. The lowest BCUT2D eigenvalue weighted by molar-refractivity contribution is -0.137. The summed E-state index contributed by atoms with van der Waals surface area (Å²) in [4.78, 5) is 33.7. The number of carbonyl (C=O) groups excluding carboxylic acids is 2. The van der Waals surface area contributed by atoms with Crippen LogP contribution in [0.15, 0.2) is 66.7 Å². The van der Waals surface area contributed by atoms with E-state index in [2.05, 4.69) is 20.4 Å². The number of carbonyl (C=O) groups is 2. The minimum Gasteiger partial charge on any atom is -0.493 e. The summed E-state index contributed by atoms with van der Waals surface area (Å²) in [6, 6.07) is 19.6. The molecule has 3 aliphatic heterocycles. The third-order valence-corrected chi connectivity index (χ3v) is 10.9. The number of alkyl carbamates (subject to hydrolysis) is 1. The molecule has 0 aromatic heterocycles. The zero-order valence-electron chi connectivity index (χ0n) is 30.7. The molecule has 2 amide bonds. The van der Waals surface area contributed by atoms with Crippen LogP contribution in [0, 0.1) is 17.7 Å². The molecule has 12 heteroatoms. The van der Waals surface area contributed by atoms with Crippen LogP contribution in [-0.2, 0) is 29.1 Å². The molecule has 3 fully saturated rings. The van der Waals surface area contributed by atoms with Gasteiger partial charge in [0, 0.05) is 62.3 Å². The topological polar surface area (TPSA) is 95.6 Å². The SMILES string of the molecule is CCOc1cccc(F)c1CN1CCN(C(=O)[C@H](NC(=O)OCc2ccccc2)C2CCN(CCc3cc(Cl)ccc3OC[C@H]3CCNC3)CC2)CC1. The molecule has 6 rings (SSSR count). The molecular formula is C41H53ClFN5O5. The Morgan fingerprint density at radius 2 is 1.72 bits per heavy atom. The van der Waals surface area contributed by atoms with Gasteiger partial charge in [-0.25, -0.2) is 9.18 Å². The summed E-state index contributed by atoms with van der Waals surface area (Å²) < 4.78 is 32.3. The maximum absolute atomic E-state index is 14.8. The number of nitrogens with one attached hydrogen (secondary N) is 2. The van der Waals surface area contributed by atoms with Gasteiger partial charge in [0.2, 0.25) is 5.91 Å². The highest BCUT2D eigenvalue weighted by Gasteiger charge is 2.37. The molecule has 0 unspecified atom stereocenters. The third-order valence-electron chi connectivity index (χ3n) is 10.7. The first-order chi connectivity index (χ1) is 25.9. The van der Waals surface area contributed by atoms with Crippen LogP contribution in [0.5, 0.6) is 11.5 Å². The summed E-state index contributed by atoms with van der Waals surface area (Å²) in [6.07, 6.45) is 2.85. The molecule has 3 aliphatic rings. The van der Waals surface area contributed by atoms with Crippen LogP contribution in [-0.4, -0.2) is 105 Å². The Kier molecular flexibility index (Phi) is 14.2. The second-order valence-corrected chi connectivity index (χ2v) is 14.7.